The van der Waals surface area contributed by atoms with Crippen molar-refractivity contribution in [1.82, 2.24) is 9.88 Å². The molecular formula is C18H24N2O4S. The van der Waals surface area contributed by atoms with Crippen LogP contribution in [0.3, 0.4) is 0 Å². The first kappa shape index (κ1) is 19.2. The van der Waals surface area contributed by atoms with Crippen molar-refractivity contribution in [1.29, 1.82) is 0 Å². The predicted molar refractivity (Wildman–Crippen MR) is 97.1 cm³/mol. The second kappa shape index (κ2) is 8.82. The Hall–Kier alpha value is -2.12. The lowest BCUT2D eigenvalue weighted by atomic mass is 10.2. The minimum absolute atomic E-state index is 0.335. The number of esters is 1. The highest BCUT2D eigenvalue weighted by Gasteiger charge is 2.22. The van der Waals surface area contributed by atoms with Gasteiger partial charge in [-0.3, -0.25) is 4.79 Å². The van der Waals surface area contributed by atoms with Crippen LogP contribution in [0.1, 0.15) is 33.5 Å². The Kier molecular flexibility index (Phi) is 6.78. The minimum atomic E-state index is -0.857. The lowest BCUT2D eigenvalue weighted by Gasteiger charge is -2.13. The molecule has 0 aliphatic heterocycles. The third-order valence-corrected chi connectivity index (χ3v) is 4.81. The number of ether oxygens (including phenoxy) is 2. The summed E-state index contributed by atoms with van der Waals surface area (Å²) in [6.45, 7) is 6.92. The van der Waals surface area contributed by atoms with Crippen molar-refractivity contribution in [3.05, 3.63) is 45.4 Å². The fraction of sp³-hybridized carbons (Fsp3) is 0.444. The molecule has 0 bridgehead atoms. The molecule has 2 aromatic heterocycles. The molecule has 0 saturated heterocycles. The number of thiophene rings is 1. The highest BCUT2D eigenvalue weighted by atomic mass is 32.1. The number of nitrogens with one attached hydrogen (secondary N) is 1. The molecule has 0 aliphatic rings. The zero-order valence-electron chi connectivity index (χ0n) is 15.0. The summed E-state index contributed by atoms with van der Waals surface area (Å²) in [6, 6.07) is 5.88. The van der Waals surface area contributed by atoms with E-state index in [0.29, 0.717) is 18.7 Å². The van der Waals surface area contributed by atoms with Gasteiger partial charge in [0.25, 0.3) is 5.91 Å². The van der Waals surface area contributed by atoms with Gasteiger partial charge in [0.2, 0.25) is 0 Å². The fourth-order valence-electron chi connectivity index (χ4n) is 2.51. The van der Waals surface area contributed by atoms with E-state index in [4.69, 9.17) is 9.47 Å². The molecule has 0 aliphatic carbocycles. The molecule has 0 spiro atoms. The molecule has 2 aromatic rings. The average molecular weight is 364 g/mol. The number of carbonyl (C=O) groups is 2. The Labute approximate surface area is 151 Å². The lowest BCUT2D eigenvalue weighted by Crippen LogP contribution is -2.37. The van der Waals surface area contributed by atoms with Crippen molar-refractivity contribution in [2.75, 3.05) is 20.3 Å². The van der Waals surface area contributed by atoms with Crippen LogP contribution in [0.2, 0.25) is 0 Å². The molecule has 1 atom stereocenters. The highest BCUT2D eigenvalue weighted by molar-refractivity contribution is 7.09. The summed E-state index contributed by atoms with van der Waals surface area (Å²) in [6.07, 6.45) is -0.857. The molecule has 6 nitrogen and oxygen atoms in total. The van der Waals surface area contributed by atoms with E-state index in [1.807, 2.05) is 25.3 Å². The Morgan fingerprint density at radius 1 is 1.36 bits per heavy atom. The number of carbonyl (C=O) groups excluding carboxylic acids is 2. The average Bonchev–Trinajstić information content (AvgIpc) is 3.18. The van der Waals surface area contributed by atoms with Crippen LogP contribution in [-0.4, -0.2) is 42.8 Å². The van der Waals surface area contributed by atoms with Gasteiger partial charge in [0.1, 0.15) is 0 Å². The molecule has 1 N–H and O–H groups in total. The van der Waals surface area contributed by atoms with Gasteiger partial charge in [-0.15, -0.1) is 11.3 Å². The molecule has 2 heterocycles. The second-order valence-corrected chi connectivity index (χ2v) is 6.81. The predicted octanol–water partition coefficient (Wildman–Crippen LogP) is 2.52. The molecule has 25 heavy (non-hydrogen) atoms. The largest absolute Gasteiger partial charge is 0.449 e. The molecule has 2 rings (SSSR count). The number of amides is 1. The first-order valence-electron chi connectivity index (χ1n) is 8.10. The monoisotopic (exact) mass is 364 g/mol. The van der Waals surface area contributed by atoms with Gasteiger partial charge >= 0.3 is 5.97 Å². The summed E-state index contributed by atoms with van der Waals surface area (Å²) in [5, 5.41) is 4.69. The molecular weight excluding hydrogens is 340 g/mol. The topological polar surface area (TPSA) is 69.6 Å². The highest BCUT2D eigenvalue weighted by Crippen LogP contribution is 2.20. The maximum absolute atomic E-state index is 12.4. The van der Waals surface area contributed by atoms with Crippen LogP contribution in [0.15, 0.2) is 23.6 Å². The first-order valence-corrected chi connectivity index (χ1v) is 8.98. The van der Waals surface area contributed by atoms with Crippen molar-refractivity contribution in [3.63, 3.8) is 0 Å². The number of rotatable bonds is 8. The molecule has 0 fully saturated rings. The third kappa shape index (κ3) is 4.93. The molecule has 0 aromatic carbocycles. The Balaban J connectivity index is 2.03. The quantitative estimate of drug-likeness (QED) is 0.577. The van der Waals surface area contributed by atoms with Crippen LogP contribution in [0.4, 0.5) is 0 Å². The van der Waals surface area contributed by atoms with Gasteiger partial charge in [-0.1, -0.05) is 6.07 Å². The van der Waals surface area contributed by atoms with Crippen LogP contribution >= 0.6 is 11.3 Å². The smallest absolute Gasteiger partial charge is 0.340 e. The Morgan fingerprint density at radius 3 is 2.76 bits per heavy atom. The number of aryl methyl sites for hydroxylation is 1. The van der Waals surface area contributed by atoms with Gasteiger partial charge in [-0.2, -0.15) is 0 Å². The van der Waals surface area contributed by atoms with Gasteiger partial charge in [0.05, 0.1) is 18.7 Å². The molecule has 1 amide bonds. The van der Waals surface area contributed by atoms with Gasteiger partial charge in [0.15, 0.2) is 6.10 Å². The fourth-order valence-corrected chi connectivity index (χ4v) is 3.20. The Morgan fingerprint density at radius 2 is 2.12 bits per heavy atom. The maximum atomic E-state index is 12.4. The number of hydrogen-bond acceptors (Lipinski definition) is 5. The van der Waals surface area contributed by atoms with Crippen LogP contribution < -0.4 is 5.32 Å². The summed E-state index contributed by atoms with van der Waals surface area (Å²) < 4.78 is 12.3. The van der Waals surface area contributed by atoms with E-state index in [1.54, 1.807) is 31.4 Å². The molecule has 0 radical (unpaired) electrons. The van der Waals surface area contributed by atoms with Crippen molar-refractivity contribution < 1.29 is 19.1 Å². The van der Waals surface area contributed by atoms with E-state index >= 15 is 0 Å². The number of hydrogen-bond donors (Lipinski definition) is 1. The SMILES string of the molecule is COCCNC(=O)[C@H](C)OC(=O)c1cc(C)n(Cc2cccs2)c1C. The number of aromatic nitrogens is 1. The summed E-state index contributed by atoms with van der Waals surface area (Å²) in [5.74, 6) is -0.822. The van der Waals surface area contributed by atoms with E-state index in [2.05, 4.69) is 16.0 Å². The van der Waals surface area contributed by atoms with E-state index in [9.17, 15) is 9.59 Å². The minimum Gasteiger partial charge on any atom is -0.449 e. The van der Waals surface area contributed by atoms with Gasteiger partial charge in [-0.05, 0) is 38.3 Å². The molecule has 7 heteroatoms. The normalized spacial score (nSPS) is 12.0. The van der Waals surface area contributed by atoms with Gasteiger partial charge in [0, 0.05) is 29.9 Å². The van der Waals surface area contributed by atoms with Gasteiger partial charge in [-0.25, -0.2) is 4.79 Å². The van der Waals surface area contributed by atoms with Crippen LogP contribution in [0.25, 0.3) is 0 Å². The zero-order valence-corrected chi connectivity index (χ0v) is 15.8. The van der Waals surface area contributed by atoms with E-state index in [0.717, 1.165) is 17.9 Å². The zero-order chi connectivity index (χ0) is 18.4. The van der Waals surface area contributed by atoms with Crippen molar-refractivity contribution in [3.8, 4) is 0 Å². The standard InChI is InChI=1S/C18H24N2O4S/c1-12-10-16(13(2)20(12)11-15-6-5-9-25-15)18(22)24-14(3)17(21)19-7-8-23-4/h5-6,9-10,14H,7-8,11H2,1-4H3,(H,19,21)/t14-/m0/s1. The summed E-state index contributed by atoms with van der Waals surface area (Å²) >= 11 is 1.68. The molecule has 136 valence electrons. The van der Waals surface area contributed by atoms with Crippen LogP contribution in [-0.2, 0) is 20.8 Å². The molecule has 0 unspecified atom stereocenters. The summed E-state index contributed by atoms with van der Waals surface area (Å²) in [4.78, 5) is 25.6. The van der Waals surface area contributed by atoms with E-state index in [1.165, 1.54) is 4.88 Å². The van der Waals surface area contributed by atoms with Crippen molar-refractivity contribution in [2.45, 2.75) is 33.4 Å². The summed E-state index contributed by atoms with van der Waals surface area (Å²) in [7, 11) is 1.56. The van der Waals surface area contributed by atoms with Crippen molar-refractivity contribution in [2.24, 2.45) is 0 Å². The van der Waals surface area contributed by atoms with Crippen LogP contribution in [0.5, 0.6) is 0 Å². The summed E-state index contributed by atoms with van der Waals surface area (Å²) in [5.41, 5.74) is 2.31. The number of nitrogens with zero attached hydrogens (tertiary/aromatic N) is 1. The number of methoxy groups -OCH3 is 1. The first-order chi connectivity index (χ1) is 11.9. The third-order valence-electron chi connectivity index (χ3n) is 3.95. The lowest BCUT2D eigenvalue weighted by molar-refractivity contribution is -0.129. The van der Waals surface area contributed by atoms with E-state index in [-0.39, 0.29) is 5.91 Å². The van der Waals surface area contributed by atoms with Crippen molar-refractivity contribution >= 4 is 23.2 Å². The molecule has 0 saturated carbocycles. The second-order valence-electron chi connectivity index (χ2n) is 5.78. The maximum Gasteiger partial charge on any atom is 0.340 e. The Bertz CT molecular complexity index is 722. The van der Waals surface area contributed by atoms with Crippen LogP contribution in [0, 0.1) is 13.8 Å². The van der Waals surface area contributed by atoms with Gasteiger partial charge < -0.3 is 19.4 Å². The van der Waals surface area contributed by atoms with E-state index < -0.39 is 12.1 Å².